The van der Waals surface area contributed by atoms with E-state index in [1.165, 1.54) is 0 Å². The summed E-state index contributed by atoms with van der Waals surface area (Å²) in [6.07, 6.45) is 0.649. The smallest absolute Gasteiger partial charge is 0.312 e. The van der Waals surface area contributed by atoms with Gasteiger partial charge in [-0.3, -0.25) is 4.79 Å². The van der Waals surface area contributed by atoms with Crippen LogP contribution in [0.5, 0.6) is 0 Å². The van der Waals surface area contributed by atoms with Gasteiger partial charge in [0.2, 0.25) is 0 Å². The number of hydrogen-bond acceptors (Lipinski definition) is 3. The van der Waals surface area contributed by atoms with Crippen molar-refractivity contribution < 1.29 is 14.6 Å². The van der Waals surface area contributed by atoms with Crippen LogP contribution >= 0.6 is 0 Å². The number of carbonyl (C=O) groups is 1. The summed E-state index contributed by atoms with van der Waals surface area (Å²) in [6, 6.07) is -0.975. The van der Waals surface area contributed by atoms with Gasteiger partial charge in [0.25, 0.3) is 0 Å². The van der Waals surface area contributed by atoms with Crippen molar-refractivity contribution in [3.63, 3.8) is 0 Å². The lowest BCUT2D eigenvalue weighted by Gasteiger charge is -2.10. The first-order valence-electron chi connectivity index (χ1n) is 3.60. The summed E-state index contributed by atoms with van der Waals surface area (Å²) in [5, 5.41) is 11.9. The molecule has 0 unspecified atom stereocenters. The minimum Gasteiger partial charge on any atom is -0.481 e. The van der Waals surface area contributed by atoms with Crippen molar-refractivity contribution in [2.45, 2.75) is 12.5 Å². The Labute approximate surface area is 68.8 Å². The van der Waals surface area contributed by atoms with Gasteiger partial charge in [0.15, 0.2) is 0 Å². The third-order valence-electron chi connectivity index (χ3n) is 1.84. The van der Waals surface area contributed by atoms with Gasteiger partial charge in [0, 0.05) is 17.4 Å². The molecule has 0 amide bonds. The van der Waals surface area contributed by atoms with E-state index < -0.39 is 12.0 Å². The van der Waals surface area contributed by atoms with Crippen LogP contribution in [0.15, 0.2) is 5.11 Å². The quantitative estimate of drug-likeness (QED) is 0.386. The number of carboxylic acids is 1. The number of aliphatic carboxylic acids is 1. The highest BCUT2D eigenvalue weighted by Gasteiger charge is 2.30. The average molecular weight is 171 g/mol. The summed E-state index contributed by atoms with van der Waals surface area (Å²) in [5.41, 5.74) is 8.10. The van der Waals surface area contributed by atoms with Crippen LogP contribution in [0.3, 0.4) is 0 Å². The van der Waals surface area contributed by atoms with Crippen molar-refractivity contribution in [2.75, 3.05) is 13.2 Å². The molecule has 12 heavy (non-hydrogen) atoms. The highest BCUT2D eigenvalue weighted by Crippen LogP contribution is 2.19. The topological polar surface area (TPSA) is 95.3 Å². The highest BCUT2D eigenvalue weighted by molar-refractivity contribution is 5.74. The fourth-order valence-electron chi connectivity index (χ4n) is 1.20. The molecule has 0 radical (unpaired) electrons. The predicted octanol–water partition coefficient (Wildman–Crippen LogP) is 0.786. The summed E-state index contributed by atoms with van der Waals surface area (Å²) in [5.74, 6) is -1.25. The molecule has 0 spiro atoms. The first-order chi connectivity index (χ1) is 5.75. The normalized spacial score (nSPS) is 24.5. The SMILES string of the molecule is [N-]=[N+]=N[C@H](C(=O)O)[C@H]1CCOC1. The first kappa shape index (κ1) is 8.83. The minimum absolute atomic E-state index is 0.168. The molecule has 0 aromatic heterocycles. The largest absolute Gasteiger partial charge is 0.481 e. The molecule has 1 fully saturated rings. The molecule has 1 saturated heterocycles. The van der Waals surface area contributed by atoms with Gasteiger partial charge in [-0.25, -0.2) is 0 Å². The van der Waals surface area contributed by atoms with Gasteiger partial charge < -0.3 is 9.84 Å². The van der Waals surface area contributed by atoms with Gasteiger partial charge in [0.05, 0.1) is 6.61 Å². The summed E-state index contributed by atoms with van der Waals surface area (Å²) < 4.78 is 4.99. The summed E-state index contributed by atoms with van der Waals surface area (Å²) >= 11 is 0. The van der Waals surface area contributed by atoms with Gasteiger partial charge >= 0.3 is 5.97 Å². The second kappa shape index (κ2) is 3.94. The van der Waals surface area contributed by atoms with Gasteiger partial charge in [-0.2, -0.15) is 0 Å². The maximum absolute atomic E-state index is 10.6. The molecular formula is C6H9N3O3. The Morgan fingerprint density at radius 2 is 2.58 bits per heavy atom. The van der Waals surface area contributed by atoms with E-state index in [2.05, 4.69) is 10.0 Å². The van der Waals surface area contributed by atoms with Crippen LogP contribution in [0.2, 0.25) is 0 Å². The van der Waals surface area contributed by atoms with Gasteiger partial charge in [-0.1, -0.05) is 5.11 Å². The minimum atomic E-state index is -1.08. The van der Waals surface area contributed by atoms with Gasteiger partial charge in [0.1, 0.15) is 6.04 Å². The Balaban J connectivity index is 2.63. The molecule has 6 heteroatoms. The van der Waals surface area contributed by atoms with E-state index in [1.54, 1.807) is 0 Å². The van der Waals surface area contributed by atoms with E-state index in [1.807, 2.05) is 0 Å². The zero-order chi connectivity index (χ0) is 8.97. The monoisotopic (exact) mass is 171 g/mol. The van der Waals surface area contributed by atoms with Crippen LogP contribution in [0.4, 0.5) is 0 Å². The molecule has 66 valence electrons. The van der Waals surface area contributed by atoms with Crippen molar-refractivity contribution in [3.05, 3.63) is 10.4 Å². The lowest BCUT2D eigenvalue weighted by Crippen LogP contribution is -2.27. The molecule has 1 aliphatic rings. The average Bonchev–Trinajstić information content (AvgIpc) is 2.51. The van der Waals surface area contributed by atoms with E-state index in [-0.39, 0.29) is 5.92 Å². The molecule has 0 aliphatic carbocycles. The van der Waals surface area contributed by atoms with Crippen LogP contribution in [-0.2, 0) is 9.53 Å². The van der Waals surface area contributed by atoms with Crippen molar-refractivity contribution >= 4 is 5.97 Å². The van der Waals surface area contributed by atoms with Crippen molar-refractivity contribution in [3.8, 4) is 0 Å². The lowest BCUT2D eigenvalue weighted by atomic mass is 10.0. The standard InChI is InChI=1S/C6H9N3O3/c7-9-8-5(6(10)11)4-1-2-12-3-4/h4-5H,1-3H2,(H,10,11)/t4-,5-/m0/s1. The summed E-state index contributed by atoms with van der Waals surface area (Å²) in [7, 11) is 0. The number of rotatable bonds is 3. The van der Waals surface area contributed by atoms with Crippen LogP contribution in [0, 0.1) is 5.92 Å². The molecule has 0 saturated carbocycles. The molecule has 1 heterocycles. The zero-order valence-electron chi connectivity index (χ0n) is 6.38. The Kier molecular flexibility index (Phi) is 2.90. The first-order valence-corrected chi connectivity index (χ1v) is 3.60. The van der Waals surface area contributed by atoms with Crippen molar-refractivity contribution in [1.82, 2.24) is 0 Å². The Hall–Kier alpha value is -1.26. The zero-order valence-corrected chi connectivity index (χ0v) is 6.38. The van der Waals surface area contributed by atoms with Crippen LogP contribution < -0.4 is 0 Å². The fraction of sp³-hybridized carbons (Fsp3) is 0.833. The van der Waals surface area contributed by atoms with Gasteiger partial charge in [-0.15, -0.1) is 0 Å². The number of nitrogens with zero attached hydrogens (tertiary/aromatic N) is 3. The lowest BCUT2D eigenvalue weighted by molar-refractivity contribution is -0.139. The van der Waals surface area contributed by atoms with Crippen molar-refractivity contribution in [2.24, 2.45) is 11.0 Å². The van der Waals surface area contributed by atoms with E-state index >= 15 is 0 Å². The molecule has 1 N–H and O–H groups in total. The maximum atomic E-state index is 10.6. The number of carboxylic acid groups (broad SMARTS) is 1. The van der Waals surface area contributed by atoms with E-state index in [9.17, 15) is 4.79 Å². The van der Waals surface area contributed by atoms with E-state index in [0.29, 0.717) is 19.6 Å². The molecule has 1 rings (SSSR count). The number of azide groups is 1. The van der Waals surface area contributed by atoms with Crippen LogP contribution in [0.1, 0.15) is 6.42 Å². The van der Waals surface area contributed by atoms with Gasteiger partial charge in [-0.05, 0) is 12.0 Å². The molecule has 1 aliphatic heterocycles. The maximum Gasteiger partial charge on any atom is 0.312 e. The Morgan fingerprint density at radius 3 is 3.00 bits per heavy atom. The number of hydrogen-bond donors (Lipinski definition) is 1. The van der Waals surface area contributed by atoms with E-state index in [0.717, 1.165) is 0 Å². The molecule has 0 aromatic carbocycles. The number of ether oxygens (including phenoxy) is 1. The van der Waals surface area contributed by atoms with Crippen LogP contribution in [0.25, 0.3) is 10.4 Å². The second-order valence-corrected chi connectivity index (χ2v) is 2.61. The predicted molar refractivity (Wildman–Crippen MR) is 39.5 cm³/mol. The highest BCUT2D eigenvalue weighted by atomic mass is 16.5. The second-order valence-electron chi connectivity index (χ2n) is 2.61. The fourth-order valence-corrected chi connectivity index (χ4v) is 1.20. The van der Waals surface area contributed by atoms with E-state index in [4.69, 9.17) is 15.4 Å². The summed E-state index contributed by atoms with van der Waals surface area (Å²) in [4.78, 5) is 13.0. The molecule has 2 atom stereocenters. The summed E-state index contributed by atoms with van der Waals surface area (Å²) in [6.45, 7) is 0.922. The third-order valence-corrected chi connectivity index (χ3v) is 1.84. The molecule has 6 nitrogen and oxygen atoms in total. The Morgan fingerprint density at radius 1 is 1.83 bits per heavy atom. The molecule has 0 aromatic rings. The molecular weight excluding hydrogens is 162 g/mol. The van der Waals surface area contributed by atoms with Crippen molar-refractivity contribution in [1.29, 1.82) is 0 Å². The Bertz CT molecular complexity index is 216. The molecule has 0 bridgehead atoms. The third kappa shape index (κ3) is 1.87. The van der Waals surface area contributed by atoms with Crippen LogP contribution in [-0.4, -0.2) is 30.3 Å².